The Morgan fingerprint density at radius 1 is 1.44 bits per heavy atom. The second-order valence-corrected chi connectivity index (χ2v) is 4.97. The number of hydrogen-bond acceptors (Lipinski definition) is 2. The third kappa shape index (κ3) is 3.34. The van der Waals surface area contributed by atoms with Crippen molar-refractivity contribution in [1.82, 2.24) is 14.7 Å². The Balaban J connectivity index is 2.87. The first kappa shape index (κ1) is 14.7. The molecule has 0 N–H and O–H groups in total. The predicted octanol–water partition coefficient (Wildman–Crippen LogP) is 2.81. The molecule has 0 saturated carbocycles. The molecule has 0 radical (unpaired) electrons. The monoisotopic (exact) mass is 251 g/mol. The molecule has 0 aliphatic heterocycles. The van der Waals surface area contributed by atoms with Crippen LogP contribution >= 0.6 is 0 Å². The van der Waals surface area contributed by atoms with Crippen molar-refractivity contribution in [2.24, 2.45) is 7.05 Å². The minimum Gasteiger partial charge on any atom is -0.338 e. The van der Waals surface area contributed by atoms with Gasteiger partial charge in [0.15, 0.2) is 0 Å². The minimum absolute atomic E-state index is 0.0906. The van der Waals surface area contributed by atoms with E-state index in [1.807, 2.05) is 24.9 Å². The normalized spacial score (nSPS) is 11.0. The van der Waals surface area contributed by atoms with E-state index in [-0.39, 0.29) is 5.91 Å². The molecule has 0 bridgehead atoms. The van der Waals surface area contributed by atoms with Crippen LogP contribution in [0.15, 0.2) is 6.07 Å². The van der Waals surface area contributed by atoms with Gasteiger partial charge in [-0.1, -0.05) is 27.2 Å². The summed E-state index contributed by atoms with van der Waals surface area (Å²) in [4.78, 5) is 14.3. The first-order valence-corrected chi connectivity index (χ1v) is 6.84. The molecule has 102 valence electrons. The van der Waals surface area contributed by atoms with Crippen molar-refractivity contribution in [3.8, 4) is 0 Å². The standard InChI is InChI=1S/C14H25N3O/c1-6-8-9-17(7-2)14(18)13-10-12(11(3)4)15-16(13)5/h10-11H,6-9H2,1-5H3. The lowest BCUT2D eigenvalue weighted by Crippen LogP contribution is -2.33. The van der Waals surface area contributed by atoms with Crippen LogP contribution in [0.2, 0.25) is 0 Å². The van der Waals surface area contributed by atoms with Gasteiger partial charge in [-0.15, -0.1) is 0 Å². The van der Waals surface area contributed by atoms with Gasteiger partial charge in [0.1, 0.15) is 5.69 Å². The summed E-state index contributed by atoms with van der Waals surface area (Å²) in [5, 5.41) is 4.40. The zero-order valence-electron chi connectivity index (χ0n) is 12.2. The predicted molar refractivity (Wildman–Crippen MR) is 73.8 cm³/mol. The number of aryl methyl sites for hydroxylation is 1. The number of carbonyl (C=O) groups is 1. The molecule has 0 aliphatic rings. The van der Waals surface area contributed by atoms with Gasteiger partial charge < -0.3 is 4.90 Å². The second kappa shape index (κ2) is 6.57. The molecule has 0 spiro atoms. The van der Waals surface area contributed by atoms with Crippen molar-refractivity contribution in [1.29, 1.82) is 0 Å². The Labute approximate surface area is 110 Å². The molecule has 1 aromatic heterocycles. The lowest BCUT2D eigenvalue weighted by atomic mass is 10.1. The van der Waals surface area contributed by atoms with E-state index in [0.29, 0.717) is 11.6 Å². The highest BCUT2D eigenvalue weighted by molar-refractivity contribution is 5.92. The SMILES string of the molecule is CCCCN(CC)C(=O)c1cc(C(C)C)nn1C. The van der Waals surface area contributed by atoms with Crippen molar-refractivity contribution in [2.45, 2.75) is 46.5 Å². The number of rotatable bonds is 6. The van der Waals surface area contributed by atoms with Crippen LogP contribution in [-0.2, 0) is 7.05 Å². The molecule has 4 nitrogen and oxygen atoms in total. The molecule has 1 amide bonds. The zero-order chi connectivity index (χ0) is 13.7. The second-order valence-electron chi connectivity index (χ2n) is 4.97. The van der Waals surface area contributed by atoms with Crippen LogP contribution in [0.4, 0.5) is 0 Å². The molecular weight excluding hydrogens is 226 g/mol. The van der Waals surface area contributed by atoms with Crippen LogP contribution in [0.25, 0.3) is 0 Å². The smallest absolute Gasteiger partial charge is 0.272 e. The van der Waals surface area contributed by atoms with Crippen molar-refractivity contribution in [3.05, 3.63) is 17.5 Å². The van der Waals surface area contributed by atoms with E-state index in [0.717, 1.165) is 31.6 Å². The van der Waals surface area contributed by atoms with E-state index in [4.69, 9.17) is 0 Å². The quantitative estimate of drug-likeness (QED) is 0.779. The summed E-state index contributed by atoms with van der Waals surface area (Å²) >= 11 is 0. The molecule has 0 fully saturated rings. The number of aromatic nitrogens is 2. The Hall–Kier alpha value is -1.32. The first-order chi connectivity index (χ1) is 8.51. The maximum atomic E-state index is 12.4. The molecule has 0 aromatic carbocycles. The molecule has 0 aliphatic carbocycles. The van der Waals surface area contributed by atoms with E-state index < -0.39 is 0 Å². The minimum atomic E-state index is 0.0906. The van der Waals surface area contributed by atoms with Crippen LogP contribution in [0.5, 0.6) is 0 Å². The van der Waals surface area contributed by atoms with Crippen molar-refractivity contribution in [3.63, 3.8) is 0 Å². The van der Waals surface area contributed by atoms with Gasteiger partial charge in [0, 0.05) is 20.1 Å². The van der Waals surface area contributed by atoms with Gasteiger partial charge in [0.25, 0.3) is 5.91 Å². The summed E-state index contributed by atoms with van der Waals surface area (Å²) < 4.78 is 1.70. The van der Waals surface area contributed by atoms with Gasteiger partial charge in [0.2, 0.25) is 0 Å². The van der Waals surface area contributed by atoms with E-state index in [2.05, 4.69) is 25.9 Å². The van der Waals surface area contributed by atoms with Crippen molar-refractivity contribution >= 4 is 5.91 Å². The highest BCUT2D eigenvalue weighted by atomic mass is 16.2. The molecule has 0 unspecified atom stereocenters. The van der Waals surface area contributed by atoms with Crippen LogP contribution in [0.3, 0.4) is 0 Å². The highest BCUT2D eigenvalue weighted by Crippen LogP contribution is 2.15. The Kier molecular flexibility index (Phi) is 5.38. The molecular formula is C14H25N3O. The summed E-state index contributed by atoms with van der Waals surface area (Å²) in [6.45, 7) is 9.91. The third-order valence-corrected chi connectivity index (χ3v) is 3.16. The van der Waals surface area contributed by atoms with Gasteiger partial charge >= 0.3 is 0 Å². The van der Waals surface area contributed by atoms with E-state index in [1.54, 1.807) is 4.68 Å². The largest absolute Gasteiger partial charge is 0.338 e. The number of hydrogen-bond donors (Lipinski definition) is 0. The van der Waals surface area contributed by atoms with Gasteiger partial charge in [-0.05, 0) is 25.3 Å². The van der Waals surface area contributed by atoms with Gasteiger partial charge in [-0.25, -0.2) is 0 Å². The summed E-state index contributed by atoms with van der Waals surface area (Å²) in [6, 6.07) is 1.92. The van der Waals surface area contributed by atoms with Crippen molar-refractivity contribution < 1.29 is 4.79 Å². The number of unbranched alkanes of at least 4 members (excludes halogenated alkanes) is 1. The number of nitrogens with zero attached hydrogens (tertiary/aromatic N) is 3. The molecule has 4 heteroatoms. The Morgan fingerprint density at radius 2 is 2.11 bits per heavy atom. The van der Waals surface area contributed by atoms with E-state index >= 15 is 0 Å². The molecule has 0 atom stereocenters. The molecule has 1 aromatic rings. The molecule has 1 heterocycles. The first-order valence-electron chi connectivity index (χ1n) is 6.84. The van der Waals surface area contributed by atoms with Crippen LogP contribution < -0.4 is 0 Å². The summed E-state index contributed by atoms with van der Waals surface area (Å²) in [6.07, 6.45) is 2.15. The molecule has 1 rings (SSSR count). The van der Waals surface area contributed by atoms with E-state index in [9.17, 15) is 4.79 Å². The summed E-state index contributed by atoms with van der Waals surface area (Å²) in [7, 11) is 1.84. The van der Waals surface area contributed by atoms with E-state index in [1.165, 1.54) is 0 Å². The summed E-state index contributed by atoms with van der Waals surface area (Å²) in [5.74, 6) is 0.441. The average molecular weight is 251 g/mol. The number of amides is 1. The lowest BCUT2D eigenvalue weighted by Gasteiger charge is -2.20. The van der Waals surface area contributed by atoms with Crippen LogP contribution in [0, 0.1) is 0 Å². The van der Waals surface area contributed by atoms with Gasteiger partial charge in [-0.3, -0.25) is 9.48 Å². The number of carbonyl (C=O) groups excluding carboxylic acids is 1. The van der Waals surface area contributed by atoms with Gasteiger partial charge in [0.05, 0.1) is 5.69 Å². The Morgan fingerprint density at radius 3 is 2.56 bits per heavy atom. The van der Waals surface area contributed by atoms with Crippen molar-refractivity contribution in [2.75, 3.05) is 13.1 Å². The molecule has 18 heavy (non-hydrogen) atoms. The third-order valence-electron chi connectivity index (χ3n) is 3.16. The topological polar surface area (TPSA) is 38.1 Å². The summed E-state index contributed by atoms with van der Waals surface area (Å²) in [5.41, 5.74) is 1.67. The fourth-order valence-electron chi connectivity index (χ4n) is 1.89. The maximum Gasteiger partial charge on any atom is 0.272 e. The zero-order valence-corrected chi connectivity index (χ0v) is 12.2. The highest BCUT2D eigenvalue weighted by Gasteiger charge is 2.19. The molecule has 0 saturated heterocycles. The maximum absolute atomic E-state index is 12.4. The van der Waals surface area contributed by atoms with Crippen LogP contribution in [0.1, 0.15) is 62.6 Å². The average Bonchev–Trinajstić information content (AvgIpc) is 2.72. The fourth-order valence-corrected chi connectivity index (χ4v) is 1.89. The Bertz CT molecular complexity index is 396. The van der Waals surface area contributed by atoms with Gasteiger partial charge in [-0.2, -0.15) is 5.10 Å². The lowest BCUT2D eigenvalue weighted by molar-refractivity contribution is 0.0751. The fraction of sp³-hybridized carbons (Fsp3) is 0.714. The van der Waals surface area contributed by atoms with Crippen LogP contribution in [-0.4, -0.2) is 33.7 Å².